The molecule has 5 nitrogen and oxygen atoms in total. The van der Waals surface area contributed by atoms with Gasteiger partial charge in [0.1, 0.15) is 0 Å². The van der Waals surface area contributed by atoms with E-state index in [1.54, 1.807) is 24.3 Å². The summed E-state index contributed by atoms with van der Waals surface area (Å²) in [6.45, 7) is 2.31. The summed E-state index contributed by atoms with van der Waals surface area (Å²) in [5.74, 6) is -0.0442. The molecule has 1 aliphatic rings. The van der Waals surface area contributed by atoms with Crippen molar-refractivity contribution in [3.8, 4) is 0 Å². The third kappa shape index (κ3) is 5.17. The van der Waals surface area contributed by atoms with Gasteiger partial charge in [-0.2, -0.15) is 0 Å². The minimum atomic E-state index is -0.102. The Kier molecular flexibility index (Phi) is 6.39. The van der Waals surface area contributed by atoms with Crippen LogP contribution in [0, 0.1) is 5.92 Å². The van der Waals surface area contributed by atoms with Crippen LogP contribution in [0.4, 0.5) is 5.69 Å². The first-order valence-electron chi connectivity index (χ1n) is 9.16. The second-order valence-corrected chi connectivity index (χ2v) is 6.60. The molecule has 2 amide bonds. The topological polar surface area (TPSA) is 70.2 Å². The molecule has 1 saturated heterocycles. The van der Waals surface area contributed by atoms with Crippen molar-refractivity contribution in [2.75, 3.05) is 25.0 Å². The summed E-state index contributed by atoms with van der Waals surface area (Å²) >= 11 is 0. The van der Waals surface area contributed by atoms with E-state index in [4.69, 9.17) is 0 Å². The maximum absolute atomic E-state index is 12.2. The predicted molar refractivity (Wildman–Crippen MR) is 103 cm³/mol. The summed E-state index contributed by atoms with van der Waals surface area (Å²) in [4.78, 5) is 24.4. The first-order valence-corrected chi connectivity index (χ1v) is 9.16. The fourth-order valence-electron chi connectivity index (χ4n) is 3.09. The quantitative estimate of drug-likeness (QED) is 0.749. The van der Waals surface area contributed by atoms with Crippen LogP contribution in [0.1, 0.15) is 28.8 Å². The highest BCUT2D eigenvalue weighted by molar-refractivity contribution is 5.96. The number of rotatable bonds is 6. The van der Waals surface area contributed by atoms with Gasteiger partial charge >= 0.3 is 0 Å². The van der Waals surface area contributed by atoms with E-state index in [9.17, 15) is 9.59 Å². The maximum atomic E-state index is 12.2. The molecule has 1 heterocycles. The third-order valence-electron chi connectivity index (χ3n) is 4.62. The van der Waals surface area contributed by atoms with E-state index >= 15 is 0 Å². The first kappa shape index (κ1) is 18.1. The molecule has 1 atom stereocenters. The summed E-state index contributed by atoms with van der Waals surface area (Å²) in [5.41, 5.74) is 2.51. The van der Waals surface area contributed by atoms with Crippen LogP contribution < -0.4 is 16.0 Å². The van der Waals surface area contributed by atoms with Crippen molar-refractivity contribution in [3.05, 3.63) is 65.7 Å². The van der Waals surface area contributed by atoms with E-state index in [0.717, 1.165) is 38.0 Å². The van der Waals surface area contributed by atoms with Gasteiger partial charge in [0.05, 0.1) is 5.92 Å². The summed E-state index contributed by atoms with van der Waals surface area (Å²) in [5, 5.41) is 9.10. The van der Waals surface area contributed by atoms with Gasteiger partial charge in [0.15, 0.2) is 0 Å². The second-order valence-electron chi connectivity index (χ2n) is 6.60. The molecule has 1 fully saturated rings. The van der Waals surface area contributed by atoms with Gasteiger partial charge in [-0.05, 0) is 55.6 Å². The first-order chi connectivity index (χ1) is 12.7. The standard InChI is InChI=1S/C21H25N3O2/c25-20(23-14-12-16-5-2-1-3-6-16)17-8-10-19(11-9-17)24-21(26)18-7-4-13-22-15-18/h1-3,5-6,8-11,18,22H,4,7,12-15H2,(H,23,25)(H,24,26). The van der Waals surface area contributed by atoms with Gasteiger partial charge in [-0.1, -0.05) is 30.3 Å². The van der Waals surface area contributed by atoms with E-state index in [2.05, 4.69) is 16.0 Å². The van der Waals surface area contributed by atoms with Crippen LogP contribution in [0.2, 0.25) is 0 Å². The average Bonchev–Trinajstić information content (AvgIpc) is 2.70. The number of piperidine rings is 1. The Labute approximate surface area is 154 Å². The van der Waals surface area contributed by atoms with E-state index in [1.165, 1.54) is 5.56 Å². The number of amides is 2. The molecule has 1 aliphatic heterocycles. The molecular weight excluding hydrogens is 326 g/mol. The lowest BCUT2D eigenvalue weighted by molar-refractivity contribution is -0.120. The largest absolute Gasteiger partial charge is 0.352 e. The highest BCUT2D eigenvalue weighted by Crippen LogP contribution is 2.15. The number of hydrogen-bond acceptors (Lipinski definition) is 3. The molecule has 0 spiro atoms. The Bertz CT molecular complexity index is 723. The molecule has 1 unspecified atom stereocenters. The van der Waals surface area contributed by atoms with Crippen LogP contribution in [0.5, 0.6) is 0 Å². The number of anilines is 1. The van der Waals surface area contributed by atoms with Gasteiger partial charge < -0.3 is 16.0 Å². The average molecular weight is 351 g/mol. The monoisotopic (exact) mass is 351 g/mol. The van der Waals surface area contributed by atoms with Gasteiger partial charge in [-0.3, -0.25) is 9.59 Å². The maximum Gasteiger partial charge on any atom is 0.251 e. The molecule has 5 heteroatoms. The molecule has 0 bridgehead atoms. The molecule has 0 saturated carbocycles. The zero-order valence-corrected chi connectivity index (χ0v) is 14.8. The normalized spacial score (nSPS) is 16.7. The van der Waals surface area contributed by atoms with Gasteiger partial charge in [-0.25, -0.2) is 0 Å². The lowest BCUT2D eigenvalue weighted by atomic mass is 9.99. The molecule has 3 N–H and O–H groups in total. The molecule has 0 aliphatic carbocycles. The van der Waals surface area contributed by atoms with Crippen molar-refractivity contribution in [1.82, 2.24) is 10.6 Å². The Balaban J connectivity index is 1.47. The van der Waals surface area contributed by atoms with E-state index in [0.29, 0.717) is 12.1 Å². The molecule has 2 aromatic carbocycles. The van der Waals surface area contributed by atoms with Gasteiger partial charge in [0.2, 0.25) is 5.91 Å². The van der Waals surface area contributed by atoms with Crippen molar-refractivity contribution in [3.63, 3.8) is 0 Å². The number of benzene rings is 2. The molecule has 136 valence electrons. The number of carbonyl (C=O) groups excluding carboxylic acids is 2. The highest BCUT2D eigenvalue weighted by atomic mass is 16.2. The SMILES string of the molecule is O=C(NCCc1ccccc1)c1ccc(NC(=O)C2CCCNC2)cc1. The van der Waals surface area contributed by atoms with Crippen LogP contribution in [0.25, 0.3) is 0 Å². The molecule has 3 rings (SSSR count). The fourth-order valence-corrected chi connectivity index (χ4v) is 3.09. The minimum Gasteiger partial charge on any atom is -0.352 e. The minimum absolute atomic E-state index is 0.0183. The number of hydrogen-bond donors (Lipinski definition) is 3. The van der Waals surface area contributed by atoms with Gasteiger partial charge in [-0.15, -0.1) is 0 Å². The zero-order chi connectivity index (χ0) is 18.2. The number of carbonyl (C=O) groups is 2. The van der Waals surface area contributed by atoms with Gasteiger partial charge in [0, 0.05) is 24.3 Å². The van der Waals surface area contributed by atoms with Crippen molar-refractivity contribution in [1.29, 1.82) is 0 Å². The summed E-state index contributed by atoms with van der Waals surface area (Å²) < 4.78 is 0. The van der Waals surface area contributed by atoms with E-state index in [-0.39, 0.29) is 17.7 Å². The van der Waals surface area contributed by atoms with Crippen molar-refractivity contribution >= 4 is 17.5 Å². The van der Waals surface area contributed by atoms with Crippen LogP contribution in [-0.2, 0) is 11.2 Å². The third-order valence-corrected chi connectivity index (χ3v) is 4.62. The Hall–Kier alpha value is -2.66. The Morgan fingerprint density at radius 3 is 2.50 bits per heavy atom. The summed E-state index contributed by atoms with van der Waals surface area (Å²) in [7, 11) is 0. The molecule has 26 heavy (non-hydrogen) atoms. The number of nitrogens with one attached hydrogen (secondary N) is 3. The molecule has 0 radical (unpaired) electrons. The molecular formula is C21H25N3O2. The fraction of sp³-hybridized carbons (Fsp3) is 0.333. The lowest BCUT2D eigenvalue weighted by Crippen LogP contribution is -2.37. The van der Waals surface area contributed by atoms with E-state index in [1.807, 2.05) is 30.3 Å². The summed E-state index contributed by atoms with van der Waals surface area (Å²) in [6.07, 6.45) is 2.75. The van der Waals surface area contributed by atoms with Crippen LogP contribution >= 0.6 is 0 Å². The molecule has 0 aromatic heterocycles. The van der Waals surface area contributed by atoms with Crippen molar-refractivity contribution in [2.24, 2.45) is 5.92 Å². The van der Waals surface area contributed by atoms with E-state index < -0.39 is 0 Å². The zero-order valence-electron chi connectivity index (χ0n) is 14.8. The second kappa shape index (κ2) is 9.15. The predicted octanol–water partition coefficient (Wildman–Crippen LogP) is 2.60. The summed E-state index contributed by atoms with van der Waals surface area (Å²) in [6, 6.07) is 17.1. The van der Waals surface area contributed by atoms with Crippen LogP contribution in [-0.4, -0.2) is 31.4 Å². The van der Waals surface area contributed by atoms with Crippen LogP contribution in [0.3, 0.4) is 0 Å². The van der Waals surface area contributed by atoms with Gasteiger partial charge in [0.25, 0.3) is 5.91 Å². The van der Waals surface area contributed by atoms with Crippen molar-refractivity contribution in [2.45, 2.75) is 19.3 Å². The Morgan fingerprint density at radius 1 is 1.04 bits per heavy atom. The van der Waals surface area contributed by atoms with Crippen LogP contribution in [0.15, 0.2) is 54.6 Å². The highest BCUT2D eigenvalue weighted by Gasteiger charge is 2.20. The van der Waals surface area contributed by atoms with Crippen molar-refractivity contribution < 1.29 is 9.59 Å². The molecule has 2 aromatic rings. The Morgan fingerprint density at radius 2 is 1.81 bits per heavy atom. The smallest absolute Gasteiger partial charge is 0.251 e. The lowest BCUT2D eigenvalue weighted by Gasteiger charge is -2.21.